The third kappa shape index (κ3) is 1.03. The molecule has 64 valence electrons. The molecule has 0 amide bonds. The molecule has 0 unspecified atom stereocenters. The fraction of sp³-hybridized carbons (Fsp3) is 0. The Balaban J connectivity index is 0.000000308. The van der Waals surface area contributed by atoms with Crippen molar-refractivity contribution in [1.82, 2.24) is 10.2 Å². The van der Waals surface area contributed by atoms with E-state index < -0.39 is 0 Å². The zero-order valence-electron chi connectivity index (χ0n) is 6.73. The Morgan fingerprint density at radius 1 is 0.923 bits per heavy atom. The zero-order valence-corrected chi connectivity index (χ0v) is 6.73. The minimum absolute atomic E-state index is 0.611. The number of carbonyl (C=O) groups excluding carboxylic acids is 1. The van der Waals surface area contributed by atoms with Gasteiger partial charge in [-0.2, -0.15) is 0 Å². The number of nitrogens with zero attached hydrogens (tertiary/aromatic N) is 2. The predicted molar refractivity (Wildman–Crippen MR) is 45.8 cm³/mol. The molecular formula is C9H6N2O2. The fourth-order valence-electron chi connectivity index (χ4n) is 1.21. The molecular weight excluding hydrogens is 168 g/mol. The van der Waals surface area contributed by atoms with E-state index >= 15 is 0 Å². The van der Waals surface area contributed by atoms with Crippen LogP contribution in [0.5, 0.6) is 0 Å². The molecule has 0 saturated heterocycles. The lowest BCUT2D eigenvalue weighted by Crippen LogP contribution is -1.81. The molecule has 0 aliphatic carbocycles. The molecule has 4 nitrogen and oxygen atoms in total. The van der Waals surface area contributed by atoms with E-state index in [4.69, 9.17) is 9.21 Å². The summed E-state index contributed by atoms with van der Waals surface area (Å²) in [5.41, 5.74) is 1.98. The van der Waals surface area contributed by atoms with Gasteiger partial charge < -0.3 is 9.21 Å². The van der Waals surface area contributed by atoms with E-state index in [1.165, 1.54) is 0 Å². The minimum Gasteiger partial charge on any atom is -0.416 e. The van der Waals surface area contributed by atoms with Gasteiger partial charge in [0.2, 0.25) is 11.8 Å². The van der Waals surface area contributed by atoms with Gasteiger partial charge in [-0.05, 0) is 24.3 Å². The molecule has 4 rings (SSSR count). The Labute approximate surface area is 74.2 Å². The van der Waals surface area contributed by atoms with Crippen molar-refractivity contribution in [2.24, 2.45) is 0 Å². The van der Waals surface area contributed by atoms with E-state index in [1.807, 2.05) is 31.1 Å². The van der Waals surface area contributed by atoms with Crippen molar-refractivity contribution in [2.75, 3.05) is 0 Å². The summed E-state index contributed by atoms with van der Waals surface area (Å²) in [7, 11) is 0. The Kier molecular flexibility index (Phi) is 1.66. The van der Waals surface area contributed by atoms with Crippen molar-refractivity contribution in [2.45, 2.75) is 0 Å². The second-order valence-corrected chi connectivity index (χ2v) is 2.49. The van der Waals surface area contributed by atoms with Crippen LogP contribution in [0.4, 0.5) is 0 Å². The summed E-state index contributed by atoms with van der Waals surface area (Å²) in [6, 6.07) is 7.93. The molecule has 3 heterocycles. The number of hydrogen-bond acceptors (Lipinski definition) is 4. The maximum absolute atomic E-state index is 8.00. The summed E-state index contributed by atoms with van der Waals surface area (Å²) in [5, 5.41) is 7.72. The summed E-state index contributed by atoms with van der Waals surface area (Å²) >= 11 is 0. The van der Waals surface area contributed by atoms with Crippen LogP contribution in [0.3, 0.4) is 0 Å². The van der Waals surface area contributed by atoms with Crippen molar-refractivity contribution < 1.29 is 9.21 Å². The molecule has 0 atom stereocenters. The molecule has 13 heavy (non-hydrogen) atoms. The SMILES string of the molecule is C=O.c1cc2ccc1-c1nnc-2o1. The molecule has 2 aliphatic heterocycles. The summed E-state index contributed by atoms with van der Waals surface area (Å²) in [6.07, 6.45) is 0. The first-order valence-corrected chi connectivity index (χ1v) is 3.67. The van der Waals surface area contributed by atoms with Gasteiger partial charge >= 0.3 is 0 Å². The first-order valence-electron chi connectivity index (χ1n) is 3.67. The highest BCUT2D eigenvalue weighted by Crippen LogP contribution is 2.29. The normalized spacial score (nSPS) is 10.2. The molecule has 0 spiro atoms. The zero-order chi connectivity index (χ0) is 9.26. The average molecular weight is 174 g/mol. The topological polar surface area (TPSA) is 56.0 Å². The minimum atomic E-state index is 0.611. The molecule has 2 aromatic rings. The monoisotopic (exact) mass is 174 g/mol. The smallest absolute Gasteiger partial charge is 0.248 e. The summed E-state index contributed by atoms with van der Waals surface area (Å²) < 4.78 is 5.31. The second kappa shape index (κ2) is 2.82. The standard InChI is InChI=1S/C8H4N2O.CH2O/c1-2-6-4-3-5(1)7-9-10-8(6)11-7;1-2/h1-4H;1H2. The maximum Gasteiger partial charge on any atom is 0.248 e. The fourth-order valence-corrected chi connectivity index (χ4v) is 1.21. The van der Waals surface area contributed by atoms with Gasteiger partial charge in [0.1, 0.15) is 6.79 Å². The number of aromatic nitrogens is 2. The van der Waals surface area contributed by atoms with E-state index in [0.29, 0.717) is 11.8 Å². The highest BCUT2D eigenvalue weighted by Gasteiger charge is 2.14. The van der Waals surface area contributed by atoms with Crippen molar-refractivity contribution in [3.05, 3.63) is 24.3 Å². The highest BCUT2D eigenvalue weighted by molar-refractivity contribution is 5.65. The lowest BCUT2D eigenvalue weighted by Gasteiger charge is -1.91. The van der Waals surface area contributed by atoms with Crippen LogP contribution in [0.25, 0.3) is 22.9 Å². The Hall–Kier alpha value is -1.97. The quantitative estimate of drug-likeness (QED) is 0.518. The Morgan fingerprint density at radius 3 is 1.69 bits per heavy atom. The van der Waals surface area contributed by atoms with E-state index in [9.17, 15) is 0 Å². The van der Waals surface area contributed by atoms with Crippen LogP contribution in [-0.2, 0) is 4.79 Å². The number of benzene rings is 1. The maximum atomic E-state index is 8.00. The molecule has 0 saturated carbocycles. The van der Waals surface area contributed by atoms with Crippen molar-refractivity contribution in [3.8, 4) is 22.9 Å². The van der Waals surface area contributed by atoms with Crippen LogP contribution in [0, 0.1) is 0 Å². The van der Waals surface area contributed by atoms with Gasteiger partial charge in [-0.1, -0.05) is 0 Å². The number of rotatable bonds is 0. The van der Waals surface area contributed by atoms with Crippen LogP contribution in [0.2, 0.25) is 0 Å². The van der Waals surface area contributed by atoms with E-state index in [1.54, 1.807) is 0 Å². The largest absolute Gasteiger partial charge is 0.416 e. The molecule has 0 fully saturated rings. The van der Waals surface area contributed by atoms with E-state index in [2.05, 4.69) is 10.2 Å². The Bertz CT molecular complexity index is 382. The van der Waals surface area contributed by atoms with Gasteiger partial charge in [-0.3, -0.25) is 0 Å². The number of hydrogen-bond donors (Lipinski definition) is 0. The predicted octanol–water partition coefficient (Wildman–Crippen LogP) is 1.53. The molecule has 2 aliphatic rings. The number of carbonyl (C=O) groups is 1. The molecule has 0 N–H and O–H groups in total. The van der Waals surface area contributed by atoms with Crippen molar-refractivity contribution >= 4 is 6.79 Å². The molecule has 1 aromatic carbocycles. The van der Waals surface area contributed by atoms with Gasteiger partial charge in [0.05, 0.1) is 0 Å². The lowest BCUT2D eigenvalue weighted by molar-refractivity contribution is -0.0979. The Morgan fingerprint density at radius 2 is 1.31 bits per heavy atom. The van der Waals surface area contributed by atoms with Crippen LogP contribution in [0.1, 0.15) is 0 Å². The van der Waals surface area contributed by atoms with Gasteiger partial charge in [-0.25, -0.2) is 0 Å². The summed E-state index contributed by atoms with van der Waals surface area (Å²) in [6.45, 7) is 2.00. The van der Waals surface area contributed by atoms with Crippen LogP contribution < -0.4 is 0 Å². The first kappa shape index (κ1) is 7.67. The highest BCUT2D eigenvalue weighted by atomic mass is 16.4. The molecule has 0 radical (unpaired) electrons. The summed E-state index contributed by atoms with van der Waals surface area (Å²) in [4.78, 5) is 8.00. The molecule has 4 bridgehead atoms. The van der Waals surface area contributed by atoms with Crippen molar-refractivity contribution in [1.29, 1.82) is 0 Å². The summed E-state index contributed by atoms with van der Waals surface area (Å²) in [5.74, 6) is 1.22. The second-order valence-electron chi connectivity index (χ2n) is 2.49. The van der Waals surface area contributed by atoms with Gasteiger partial charge in [0.25, 0.3) is 0 Å². The average Bonchev–Trinajstić information content (AvgIpc) is 2.56. The lowest BCUT2D eigenvalue weighted by atomic mass is 10.1. The molecule has 1 aromatic heterocycles. The van der Waals surface area contributed by atoms with Gasteiger partial charge in [0, 0.05) is 11.1 Å². The van der Waals surface area contributed by atoms with Crippen LogP contribution in [-0.4, -0.2) is 17.0 Å². The first-order chi connectivity index (χ1) is 6.43. The van der Waals surface area contributed by atoms with E-state index in [0.717, 1.165) is 11.1 Å². The molecule has 4 heteroatoms. The van der Waals surface area contributed by atoms with Crippen molar-refractivity contribution in [3.63, 3.8) is 0 Å². The van der Waals surface area contributed by atoms with Crippen LogP contribution >= 0.6 is 0 Å². The number of fused-ring (bicyclic) bond motifs is 2. The van der Waals surface area contributed by atoms with Gasteiger partial charge in [0.15, 0.2) is 0 Å². The third-order valence-electron chi connectivity index (χ3n) is 1.80. The third-order valence-corrected chi connectivity index (χ3v) is 1.80. The van der Waals surface area contributed by atoms with Gasteiger partial charge in [-0.15, -0.1) is 10.2 Å². The van der Waals surface area contributed by atoms with Crippen LogP contribution in [0.15, 0.2) is 28.7 Å². The van der Waals surface area contributed by atoms with E-state index in [-0.39, 0.29) is 0 Å².